The molecule has 1 spiro atoms. The van der Waals surface area contributed by atoms with Crippen molar-refractivity contribution in [1.29, 1.82) is 0 Å². The Bertz CT molecular complexity index is 616. The number of nitrogens with zero attached hydrogens (tertiary/aromatic N) is 1. The van der Waals surface area contributed by atoms with E-state index in [1.807, 2.05) is 18.4 Å². The molecule has 0 saturated carbocycles. The summed E-state index contributed by atoms with van der Waals surface area (Å²) in [5, 5.41) is 4.87. The van der Waals surface area contributed by atoms with Crippen molar-refractivity contribution in [2.45, 2.75) is 16.9 Å². The molecule has 1 atom stereocenters. The highest BCUT2D eigenvalue weighted by Gasteiger charge is 2.51. The van der Waals surface area contributed by atoms with Gasteiger partial charge in [-0.15, -0.1) is 11.8 Å². The van der Waals surface area contributed by atoms with Crippen LogP contribution in [-0.4, -0.2) is 47.6 Å². The van der Waals surface area contributed by atoms with Crippen LogP contribution in [0.5, 0.6) is 0 Å². The summed E-state index contributed by atoms with van der Waals surface area (Å²) in [6.45, 7) is 0.671. The van der Waals surface area contributed by atoms with Gasteiger partial charge in [0.2, 0.25) is 0 Å². The van der Waals surface area contributed by atoms with Crippen LogP contribution in [0.4, 0.5) is 4.79 Å². The molecule has 7 heteroatoms. The molecule has 0 aromatic heterocycles. The number of carbonyl (C=O) groups is 3. The Hall–Kier alpha value is -2.02. The summed E-state index contributed by atoms with van der Waals surface area (Å²) in [6, 6.07) is 6.87. The van der Waals surface area contributed by atoms with Crippen molar-refractivity contribution >= 4 is 29.6 Å². The number of imide groups is 1. The average molecular weight is 305 g/mol. The molecular formula is C14H15N3O3S. The van der Waals surface area contributed by atoms with Gasteiger partial charge in [0.25, 0.3) is 11.8 Å². The molecule has 110 valence electrons. The highest BCUT2D eigenvalue weighted by Crippen LogP contribution is 2.26. The Morgan fingerprint density at radius 3 is 2.57 bits per heavy atom. The second-order valence-corrected chi connectivity index (χ2v) is 6.08. The fraction of sp³-hybridized carbons (Fsp3) is 0.357. The minimum absolute atomic E-state index is 0.117. The third-order valence-electron chi connectivity index (χ3n) is 3.91. The van der Waals surface area contributed by atoms with E-state index in [2.05, 4.69) is 10.6 Å². The summed E-state index contributed by atoms with van der Waals surface area (Å²) in [7, 11) is 0. The standard InChI is InChI=1S/C14H15N3O3S/c1-21-10-4-2-9(3-5-10)11(18)17-7-6-14(8-17)12(19)15-13(20)16-14/h2-5H,6-8H2,1H3,(H2,15,16,19,20). The number of benzene rings is 1. The normalized spacial score (nSPS) is 24.3. The summed E-state index contributed by atoms with van der Waals surface area (Å²) in [5.74, 6) is -0.464. The molecule has 1 unspecified atom stereocenters. The predicted octanol–water partition coefficient (Wildman–Crippen LogP) is 0.833. The number of urea groups is 1. The molecule has 2 fully saturated rings. The molecule has 2 N–H and O–H groups in total. The predicted molar refractivity (Wildman–Crippen MR) is 78.1 cm³/mol. The van der Waals surface area contributed by atoms with E-state index >= 15 is 0 Å². The highest BCUT2D eigenvalue weighted by molar-refractivity contribution is 7.98. The maximum Gasteiger partial charge on any atom is 0.322 e. The molecule has 0 bridgehead atoms. The molecule has 1 aromatic carbocycles. The Kier molecular flexibility index (Phi) is 3.36. The first-order valence-corrected chi connectivity index (χ1v) is 7.83. The molecule has 4 amide bonds. The highest BCUT2D eigenvalue weighted by atomic mass is 32.2. The number of amides is 4. The van der Waals surface area contributed by atoms with Crippen LogP contribution in [0.1, 0.15) is 16.8 Å². The van der Waals surface area contributed by atoms with Crippen LogP contribution in [0.25, 0.3) is 0 Å². The fourth-order valence-electron chi connectivity index (χ4n) is 2.71. The topological polar surface area (TPSA) is 78.5 Å². The summed E-state index contributed by atoms with van der Waals surface area (Å²) in [6.07, 6.45) is 2.42. The summed E-state index contributed by atoms with van der Waals surface area (Å²) in [5.41, 5.74) is -0.360. The summed E-state index contributed by atoms with van der Waals surface area (Å²) in [4.78, 5) is 38.3. The van der Waals surface area contributed by atoms with E-state index in [0.29, 0.717) is 18.5 Å². The zero-order chi connectivity index (χ0) is 15.0. The molecule has 21 heavy (non-hydrogen) atoms. The molecule has 2 heterocycles. The number of hydrogen-bond acceptors (Lipinski definition) is 4. The van der Waals surface area contributed by atoms with Gasteiger partial charge in [-0.05, 0) is 36.9 Å². The number of thioether (sulfide) groups is 1. The number of nitrogens with one attached hydrogen (secondary N) is 2. The van der Waals surface area contributed by atoms with Crippen LogP contribution in [0, 0.1) is 0 Å². The van der Waals surface area contributed by atoms with Crippen molar-refractivity contribution in [3.8, 4) is 0 Å². The second-order valence-electron chi connectivity index (χ2n) is 5.20. The minimum Gasteiger partial charge on any atom is -0.336 e. The van der Waals surface area contributed by atoms with Crippen molar-refractivity contribution in [1.82, 2.24) is 15.5 Å². The van der Waals surface area contributed by atoms with Gasteiger partial charge in [0, 0.05) is 17.0 Å². The van der Waals surface area contributed by atoms with Gasteiger partial charge in [0.15, 0.2) is 0 Å². The van der Waals surface area contributed by atoms with E-state index in [9.17, 15) is 14.4 Å². The van der Waals surface area contributed by atoms with Gasteiger partial charge >= 0.3 is 6.03 Å². The Morgan fingerprint density at radius 1 is 1.29 bits per heavy atom. The van der Waals surface area contributed by atoms with Crippen molar-refractivity contribution in [2.24, 2.45) is 0 Å². The Balaban J connectivity index is 1.75. The van der Waals surface area contributed by atoms with Gasteiger partial charge < -0.3 is 10.2 Å². The lowest BCUT2D eigenvalue weighted by molar-refractivity contribution is -0.123. The molecule has 2 aliphatic heterocycles. The maximum atomic E-state index is 12.4. The van der Waals surface area contributed by atoms with E-state index in [-0.39, 0.29) is 18.4 Å². The van der Waals surface area contributed by atoms with E-state index in [1.165, 1.54) is 0 Å². The summed E-state index contributed by atoms with van der Waals surface area (Å²) < 4.78 is 0. The lowest BCUT2D eigenvalue weighted by Gasteiger charge is -2.21. The molecule has 2 aliphatic rings. The van der Waals surface area contributed by atoms with Gasteiger partial charge in [-0.2, -0.15) is 0 Å². The van der Waals surface area contributed by atoms with Gasteiger partial charge in [-0.1, -0.05) is 0 Å². The van der Waals surface area contributed by atoms with Crippen LogP contribution in [-0.2, 0) is 4.79 Å². The van der Waals surface area contributed by atoms with Crippen LogP contribution >= 0.6 is 11.8 Å². The SMILES string of the molecule is CSc1ccc(C(=O)N2CCC3(C2)NC(=O)NC3=O)cc1. The minimum atomic E-state index is -0.952. The Morgan fingerprint density at radius 2 is 2.00 bits per heavy atom. The van der Waals surface area contributed by atoms with E-state index in [1.54, 1.807) is 28.8 Å². The van der Waals surface area contributed by atoms with Crippen molar-refractivity contribution in [3.05, 3.63) is 29.8 Å². The molecular weight excluding hydrogens is 290 g/mol. The number of carbonyl (C=O) groups excluding carboxylic acids is 3. The molecule has 3 rings (SSSR count). The summed E-state index contributed by atoms with van der Waals surface area (Å²) >= 11 is 1.61. The monoisotopic (exact) mass is 305 g/mol. The largest absolute Gasteiger partial charge is 0.336 e. The van der Waals surface area contributed by atoms with E-state index in [4.69, 9.17) is 0 Å². The van der Waals surface area contributed by atoms with Crippen molar-refractivity contribution in [3.63, 3.8) is 0 Å². The third-order valence-corrected chi connectivity index (χ3v) is 4.65. The number of hydrogen-bond donors (Lipinski definition) is 2. The first-order chi connectivity index (χ1) is 10.0. The number of rotatable bonds is 2. The molecule has 0 aliphatic carbocycles. The zero-order valence-electron chi connectivity index (χ0n) is 11.5. The maximum absolute atomic E-state index is 12.4. The quantitative estimate of drug-likeness (QED) is 0.627. The van der Waals surface area contributed by atoms with E-state index < -0.39 is 11.6 Å². The second kappa shape index (κ2) is 5.07. The van der Waals surface area contributed by atoms with Crippen LogP contribution < -0.4 is 10.6 Å². The smallest absolute Gasteiger partial charge is 0.322 e. The van der Waals surface area contributed by atoms with Gasteiger partial charge in [-0.25, -0.2) is 4.79 Å². The molecule has 2 saturated heterocycles. The lowest BCUT2D eigenvalue weighted by atomic mass is 9.99. The zero-order valence-corrected chi connectivity index (χ0v) is 12.3. The first kappa shape index (κ1) is 13.9. The van der Waals surface area contributed by atoms with E-state index in [0.717, 1.165) is 4.90 Å². The molecule has 1 aromatic rings. The lowest BCUT2D eigenvalue weighted by Crippen LogP contribution is -2.49. The fourth-order valence-corrected chi connectivity index (χ4v) is 3.12. The van der Waals surface area contributed by atoms with Crippen LogP contribution in [0.15, 0.2) is 29.2 Å². The van der Waals surface area contributed by atoms with Crippen LogP contribution in [0.2, 0.25) is 0 Å². The van der Waals surface area contributed by atoms with Crippen molar-refractivity contribution in [2.75, 3.05) is 19.3 Å². The van der Waals surface area contributed by atoms with Gasteiger partial charge in [0.05, 0.1) is 6.54 Å². The number of likely N-dealkylation sites (tertiary alicyclic amines) is 1. The molecule has 0 radical (unpaired) electrons. The van der Waals surface area contributed by atoms with Crippen LogP contribution in [0.3, 0.4) is 0 Å². The van der Waals surface area contributed by atoms with Gasteiger partial charge in [0.1, 0.15) is 5.54 Å². The van der Waals surface area contributed by atoms with Crippen molar-refractivity contribution < 1.29 is 14.4 Å². The molecule has 6 nitrogen and oxygen atoms in total. The third kappa shape index (κ3) is 2.37. The first-order valence-electron chi connectivity index (χ1n) is 6.61. The average Bonchev–Trinajstić information content (AvgIpc) is 3.03. The Labute approximate surface area is 126 Å². The van der Waals surface area contributed by atoms with Gasteiger partial charge in [-0.3, -0.25) is 14.9 Å².